The van der Waals surface area contributed by atoms with E-state index in [9.17, 15) is 14.4 Å². The predicted molar refractivity (Wildman–Crippen MR) is 132 cm³/mol. The van der Waals surface area contributed by atoms with Crippen molar-refractivity contribution in [3.63, 3.8) is 0 Å². The molecule has 1 aliphatic heterocycles. The van der Waals surface area contributed by atoms with E-state index in [0.29, 0.717) is 24.3 Å². The van der Waals surface area contributed by atoms with Gasteiger partial charge in [-0.25, -0.2) is 0 Å². The number of amides is 3. The Labute approximate surface area is 199 Å². The van der Waals surface area contributed by atoms with Crippen molar-refractivity contribution in [2.75, 3.05) is 25.1 Å². The molecule has 1 unspecified atom stereocenters. The van der Waals surface area contributed by atoms with E-state index in [1.807, 2.05) is 68.4 Å². The van der Waals surface area contributed by atoms with E-state index in [1.165, 1.54) is 4.90 Å². The molecule has 0 spiro atoms. The molecule has 3 aromatic rings. The lowest BCUT2D eigenvalue weighted by Crippen LogP contribution is -2.52. The van der Waals surface area contributed by atoms with Crippen LogP contribution in [0, 0.1) is 0 Å². The monoisotopic (exact) mass is 459 g/mol. The summed E-state index contributed by atoms with van der Waals surface area (Å²) in [6, 6.07) is 18.1. The summed E-state index contributed by atoms with van der Waals surface area (Å²) in [6.45, 7) is 4.31. The molecule has 0 saturated heterocycles. The van der Waals surface area contributed by atoms with Crippen molar-refractivity contribution in [3.8, 4) is 5.75 Å². The normalized spacial score (nSPS) is 13.1. The molecule has 1 atom stereocenters. The molecule has 1 heterocycles. The van der Waals surface area contributed by atoms with Crippen LogP contribution in [-0.4, -0.2) is 48.9 Å². The van der Waals surface area contributed by atoms with Crippen LogP contribution in [0.15, 0.2) is 60.7 Å². The van der Waals surface area contributed by atoms with Gasteiger partial charge in [0, 0.05) is 24.0 Å². The number of ether oxygens (including phenoxy) is 1. The summed E-state index contributed by atoms with van der Waals surface area (Å²) in [5, 5.41) is 4.66. The molecule has 0 saturated carbocycles. The SMILES string of the molecule is CCNC(=O)C(CC)N(Cc1ccc(OC)cc1)C(=O)CN1C(=O)c2cccc3cccc1c23. The van der Waals surface area contributed by atoms with E-state index in [-0.39, 0.29) is 30.8 Å². The molecule has 3 amide bonds. The zero-order valence-electron chi connectivity index (χ0n) is 19.7. The van der Waals surface area contributed by atoms with Crippen molar-refractivity contribution in [3.05, 3.63) is 71.8 Å². The van der Waals surface area contributed by atoms with Gasteiger partial charge in [-0.3, -0.25) is 19.3 Å². The molecule has 7 nitrogen and oxygen atoms in total. The maximum atomic E-state index is 13.7. The fraction of sp³-hybridized carbons (Fsp3) is 0.296. The van der Waals surface area contributed by atoms with Crippen LogP contribution in [0.3, 0.4) is 0 Å². The van der Waals surface area contributed by atoms with E-state index in [2.05, 4.69) is 5.32 Å². The number of rotatable bonds is 9. The molecule has 0 aromatic heterocycles. The molecule has 7 heteroatoms. The van der Waals surface area contributed by atoms with Crippen molar-refractivity contribution < 1.29 is 19.1 Å². The summed E-state index contributed by atoms with van der Waals surface area (Å²) < 4.78 is 5.23. The fourth-order valence-corrected chi connectivity index (χ4v) is 4.50. The average Bonchev–Trinajstić information content (AvgIpc) is 3.12. The number of likely N-dealkylation sites (N-methyl/N-ethyl adjacent to an activating group) is 1. The van der Waals surface area contributed by atoms with Gasteiger partial charge < -0.3 is 15.0 Å². The Morgan fingerprint density at radius 3 is 2.38 bits per heavy atom. The Balaban J connectivity index is 1.64. The minimum absolute atomic E-state index is 0.140. The fourth-order valence-electron chi connectivity index (χ4n) is 4.50. The molecule has 0 fully saturated rings. The highest BCUT2D eigenvalue weighted by molar-refractivity contribution is 6.26. The summed E-state index contributed by atoms with van der Waals surface area (Å²) >= 11 is 0. The standard InChI is InChI=1S/C27H29N3O4/c1-4-22(26(32)28-5-2)29(16-18-12-14-20(34-3)15-13-18)24(31)17-30-23-11-7-9-19-8-6-10-21(25(19)23)27(30)33/h6-15,22H,4-5,16-17H2,1-3H3,(H,28,32). The van der Waals surface area contributed by atoms with Crippen molar-refractivity contribution >= 4 is 34.2 Å². The summed E-state index contributed by atoms with van der Waals surface area (Å²) in [5.41, 5.74) is 2.19. The highest BCUT2D eigenvalue weighted by atomic mass is 16.5. The Morgan fingerprint density at radius 1 is 1.03 bits per heavy atom. The number of nitrogens with one attached hydrogen (secondary N) is 1. The number of anilines is 1. The van der Waals surface area contributed by atoms with Crippen molar-refractivity contribution in [1.82, 2.24) is 10.2 Å². The first-order valence-corrected chi connectivity index (χ1v) is 11.5. The Kier molecular flexibility index (Phi) is 6.82. The van der Waals surface area contributed by atoms with Gasteiger partial charge in [0.2, 0.25) is 11.8 Å². The van der Waals surface area contributed by atoms with Gasteiger partial charge in [-0.15, -0.1) is 0 Å². The third-order valence-electron chi connectivity index (χ3n) is 6.19. The minimum atomic E-state index is -0.648. The molecule has 176 valence electrons. The first-order chi connectivity index (χ1) is 16.5. The van der Waals surface area contributed by atoms with Crippen LogP contribution in [0.4, 0.5) is 5.69 Å². The van der Waals surface area contributed by atoms with Gasteiger partial charge in [-0.05, 0) is 48.6 Å². The molecule has 0 aliphatic carbocycles. The highest BCUT2D eigenvalue weighted by Gasteiger charge is 2.35. The minimum Gasteiger partial charge on any atom is -0.497 e. The molecule has 1 N–H and O–H groups in total. The van der Waals surface area contributed by atoms with E-state index < -0.39 is 6.04 Å². The van der Waals surface area contributed by atoms with E-state index in [1.54, 1.807) is 18.1 Å². The van der Waals surface area contributed by atoms with Crippen LogP contribution < -0.4 is 15.0 Å². The second kappa shape index (κ2) is 9.95. The second-order valence-corrected chi connectivity index (χ2v) is 8.26. The van der Waals surface area contributed by atoms with Gasteiger partial charge in [0.25, 0.3) is 5.91 Å². The lowest BCUT2D eigenvalue weighted by atomic mass is 10.1. The van der Waals surface area contributed by atoms with Crippen LogP contribution in [0.1, 0.15) is 36.2 Å². The number of benzene rings is 3. The molecular formula is C27H29N3O4. The van der Waals surface area contributed by atoms with Gasteiger partial charge in [-0.1, -0.05) is 43.3 Å². The lowest BCUT2D eigenvalue weighted by molar-refractivity contribution is -0.140. The first-order valence-electron chi connectivity index (χ1n) is 11.5. The Morgan fingerprint density at radius 2 is 1.74 bits per heavy atom. The molecular weight excluding hydrogens is 430 g/mol. The van der Waals surface area contributed by atoms with Gasteiger partial charge >= 0.3 is 0 Å². The molecule has 4 rings (SSSR count). The van der Waals surface area contributed by atoms with Gasteiger partial charge in [0.1, 0.15) is 18.3 Å². The molecule has 34 heavy (non-hydrogen) atoms. The summed E-state index contributed by atoms with van der Waals surface area (Å²) in [7, 11) is 1.60. The molecule has 1 aliphatic rings. The number of hydrogen-bond acceptors (Lipinski definition) is 4. The maximum absolute atomic E-state index is 13.7. The first kappa shape index (κ1) is 23.3. The summed E-state index contributed by atoms with van der Waals surface area (Å²) in [4.78, 5) is 42.8. The zero-order chi connectivity index (χ0) is 24.2. The van der Waals surface area contributed by atoms with Gasteiger partial charge in [0.05, 0.1) is 12.8 Å². The number of methoxy groups -OCH3 is 1. The van der Waals surface area contributed by atoms with Crippen molar-refractivity contribution in [2.24, 2.45) is 0 Å². The van der Waals surface area contributed by atoms with Crippen molar-refractivity contribution in [2.45, 2.75) is 32.9 Å². The smallest absolute Gasteiger partial charge is 0.259 e. The number of hydrogen-bond donors (Lipinski definition) is 1. The van der Waals surface area contributed by atoms with Gasteiger partial charge in [0.15, 0.2) is 0 Å². The van der Waals surface area contributed by atoms with Crippen LogP contribution in [0.5, 0.6) is 5.75 Å². The van der Waals surface area contributed by atoms with E-state index >= 15 is 0 Å². The number of nitrogens with zero attached hydrogens (tertiary/aromatic N) is 2. The van der Waals surface area contributed by atoms with E-state index in [4.69, 9.17) is 4.74 Å². The second-order valence-electron chi connectivity index (χ2n) is 8.26. The number of carbonyl (C=O) groups excluding carboxylic acids is 3. The summed E-state index contributed by atoms with van der Waals surface area (Å²) in [5.74, 6) is 0.0265. The molecule has 3 aromatic carbocycles. The average molecular weight is 460 g/mol. The lowest BCUT2D eigenvalue weighted by Gasteiger charge is -2.32. The van der Waals surface area contributed by atoms with Crippen molar-refractivity contribution in [1.29, 1.82) is 0 Å². The van der Waals surface area contributed by atoms with Crippen LogP contribution in [0.2, 0.25) is 0 Å². The molecule has 0 radical (unpaired) electrons. The number of carbonyl (C=O) groups is 3. The zero-order valence-corrected chi connectivity index (χ0v) is 19.7. The summed E-state index contributed by atoms with van der Waals surface area (Å²) in [6.07, 6.45) is 0.456. The van der Waals surface area contributed by atoms with Crippen LogP contribution >= 0.6 is 0 Å². The third kappa shape index (κ3) is 4.33. The highest BCUT2D eigenvalue weighted by Crippen LogP contribution is 2.37. The van der Waals surface area contributed by atoms with Gasteiger partial charge in [-0.2, -0.15) is 0 Å². The van der Waals surface area contributed by atoms with E-state index in [0.717, 1.165) is 22.0 Å². The Bertz CT molecular complexity index is 1220. The quantitative estimate of drug-likeness (QED) is 0.529. The third-order valence-corrected chi connectivity index (χ3v) is 6.19. The largest absolute Gasteiger partial charge is 0.497 e. The predicted octanol–water partition coefficient (Wildman–Crippen LogP) is 3.75. The maximum Gasteiger partial charge on any atom is 0.259 e. The van der Waals surface area contributed by atoms with Crippen LogP contribution in [0.25, 0.3) is 10.8 Å². The molecule has 0 bridgehead atoms. The topological polar surface area (TPSA) is 79.0 Å². The van der Waals surface area contributed by atoms with Crippen LogP contribution in [-0.2, 0) is 16.1 Å². The Hall–Kier alpha value is -3.87.